The van der Waals surface area contributed by atoms with E-state index in [9.17, 15) is 0 Å². The molecule has 3 rings (SSSR count). The third-order valence-corrected chi connectivity index (χ3v) is 4.86. The van der Waals surface area contributed by atoms with Crippen molar-refractivity contribution < 1.29 is 4.74 Å². The van der Waals surface area contributed by atoms with Gasteiger partial charge in [-0.3, -0.25) is 4.99 Å². The summed E-state index contributed by atoms with van der Waals surface area (Å²) < 4.78 is 5.74. The lowest BCUT2D eigenvalue weighted by molar-refractivity contribution is 0.322. The van der Waals surface area contributed by atoms with Crippen LogP contribution in [0.25, 0.3) is 0 Å². The van der Waals surface area contributed by atoms with Crippen LogP contribution in [0, 0.1) is 6.92 Å². The average molecular weight is 382 g/mol. The van der Waals surface area contributed by atoms with Crippen LogP contribution < -0.4 is 20.3 Å². The standard InChI is InChI=1S/C22H31N5O/c1-18-6-8-20(9-7-18)28-15-12-25-22(23-2)26-17-19-10-11-24-21(16-19)27-13-4-3-5-14-27/h6-11,16H,3-5,12-15,17H2,1-2H3,(H2,23,25,26). The van der Waals surface area contributed by atoms with E-state index in [1.165, 1.54) is 30.4 Å². The van der Waals surface area contributed by atoms with Crippen LogP contribution >= 0.6 is 0 Å². The summed E-state index contributed by atoms with van der Waals surface area (Å²) in [6, 6.07) is 12.3. The van der Waals surface area contributed by atoms with Gasteiger partial charge < -0.3 is 20.3 Å². The fourth-order valence-corrected chi connectivity index (χ4v) is 3.25. The van der Waals surface area contributed by atoms with Crippen molar-refractivity contribution in [2.45, 2.75) is 32.7 Å². The summed E-state index contributed by atoms with van der Waals surface area (Å²) in [4.78, 5) is 11.2. The van der Waals surface area contributed by atoms with Gasteiger partial charge in [-0.25, -0.2) is 4.98 Å². The number of aromatic nitrogens is 1. The Labute approximate surface area is 168 Å². The number of hydrogen-bond donors (Lipinski definition) is 2. The molecule has 1 aliphatic rings. The zero-order valence-electron chi connectivity index (χ0n) is 16.9. The number of rotatable bonds is 7. The number of hydrogen-bond acceptors (Lipinski definition) is 4. The van der Waals surface area contributed by atoms with Gasteiger partial charge in [0.2, 0.25) is 0 Å². The monoisotopic (exact) mass is 381 g/mol. The molecule has 0 bridgehead atoms. The van der Waals surface area contributed by atoms with E-state index in [2.05, 4.69) is 50.6 Å². The maximum absolute atomic E-state index is 5.74. The molecule has 28 heavy (non-hydrogen) atoms. The number of piperidine rings is 1. The number of nitrogens with one attached hydrogen (secondary N) is 2. The maximum Gasteiger partial charge on any atom is 0.191 e. The molecule has 0 unspecified atom stereocenters. The first-order valence-corrected chi connectivity index (χ1v) is 10.1. The van der Waals surface area contributed by atoms with Gasteiger partial charge in [-0.05, 0) is 56.0 Å². The Hall–Kier alpha value is -2.76. The largest absolute Gasteiger partial charge is 0.492 e. The number of pyridine rings is 1. The van der Waals surface area contributed by atoms with Gasteiger partial charge in [-0.1, -0.05) is 17.7 Å². The normalized spacial score (nSPS) is 14.6. The number of anilines is 1. The molecule has 1 aromatic carbocycles. The highest BCUT2D eigenvalue weighted by atomic mass is 16.5. The smallest absolute Gasteiger partial charge is 0.191 e. The van der Waals surface area contributed by atoms with Crippen molar-refractivity contribution in [3.8, 4) is 5.75 Å². The van der Waals surface area contributed by atoms with E-state index in [1.54, 1.807) is 7.05 Å². The van der Waals surface area contributed by atoms with E-state index in [-0.39, 0.29) is 0 Å². The van der Waals surface area contributed by atoms with Crippen LogP contribution in [-0.4, -0.2) is 44.2 Å². The fraction of sp³-hybridized carbons (Fsp3) is 0.455. The van der Waals surface area contributed by atoms with Crippen LogP contribution in [0.4, 0.5) is 5.82 Å². The van der Waals surface area contributed by atoms with Crippen LogP contribution in [-0.2, 0) is 6.54 Å². The number of aliphatic imine (C=N–C) groups is 1. The lowest BCUT2D eigenvalue weighted by Crippen LogP contribution is -2.39. The zero-order chi connectivity index (χ0) is 19.6. The molecule has 1 aromatic heterocycles. The molecule has 0 spiro atoms. The van der Waals surface area contributed by atoms with E-state index in [0.29, 0.717) is 19.7 Å². The first-order chi connectivity index (χ1) is 13.7. The molecule has 2 N–H and O–H groups in total. The number of ether oxygens (including phenoxy) is 1. The van der Waals surface area contributed by atoms with Gasteiger partial charge in [0.25, 0.3) is 0 Å². The number of aryl methyl sites for hydroxylation is 1. The van der Waals surface area contributed by atoms with E-state index in [4.69, 9.17) is 4.74 Å². The number of benzene rings is 1. The van der Waals surface area contributed by atoms with Crippen molar-refractivity contribution in [1.29, 1.82) is 0 Å². The molecule has 1 aliphatic heterocycles. The molecule has 2 aromatic rings. The molecule has 0 atom stereocenters. The molecular formula is C22H31N5O. The quantitative estimate of drug-likeness (QED) is 0.438. The van der Waals surface area contributed by atoms with E-state index >= 15 is 0 Å². The minimum Gasteiger partial charge on any atom is -0.492 e. The van der Waals surface area contributed by atoms with Crippen LogP contribution in [0.1, 0.15) is 30.4 Å². The van der Waals surface area contributed by atoms with Crippen molar-refractivity contribution in [2.75, 3.05) is 38.2 Å². The summed E-state index contributed by atoms with van der Waals surface area (Å²) in [6.45, 7) is 6.25. The van der Waals surface area contributed by atoms with Crippen molar-refractivity contribution in [1.82, 2.24) is 15.6 Å². The Balaban J connectivity index is 1.41. The molecule has 0 amide bonds. The van der Waals surface area contributed by atoms with E-state index < -0.39 is 0 Å². The highest BCUT2D eigenvalue weighted by Gasteiger charge is 2.12. The van der Waals surface area contributed by atoms with Gasteiger partial charge in [0.15, 0.2) is 5.96 Å². The van der Waals surface area contributed by atoms with Crippen LogP contribution in [0.15, 0.2) is 47.6 Å². The van der Waals surface area contributed by atoms with Gasteiger partial charge in [0.05, 0.1) is 6.54 Å². The molecule has 150 valence electrons. The average Bonchev–Trinajstić information content (AvgIpc) is 2.75. The lowest BCUT2D eigenvalue weighted by Gasteiger charge is -2.28. The predicted molar refractivity (Wildman–Crippen MR) is 115 cm³/mol. The van der Waals surface area contributed by atoms with Gasteiger partial charge in [0.1, 0.15) is 18.2 Å². The minimum atomic E-state index is 0.581. The van der Waals surface area contributed by atoms with Crippen molar-refractivity contribution in [3.63, 3.8) is 0 Å². The predicted octanol–water partition coefficient (Wildman–Crippen LogP) is 3.12. The molecular weight excluding hydrogens is 350 g/mol. The Morgan fingerprint density at radius 3 is 2.64 bits per heavy atom. The van der Waals surface area contributed by atoms with Crippen LogP contribution in [0.5, 0.6) is 5.75 Å². The first kappa shape index (κ1) is 20.0. The minimum absolute atomic E-state index is 0.581. The molecule has 1 fully saturated rings. The summed E-state index contributed by atoms with van der Waals surface area (Å²) in [6.07, 6.45) is 5.73. The molecule has 2 heterocycles. The second kappa shape index (κ2) is 10.5. The van der Waals surface area contributed by atoms with Crippen LogP contribution in [0.2, 0.25) is 0 Å². The highest BCUT2D eigenvalue weighted by molar-refractivity contribution is 5.79. The highest BCUT2D eigenvalue weighted by Crippen LogP contribution is 2.18. The lowest BCUT2D eigenvalue weighted by atomic mass is 10.1. The number of nitrogens with zero attached hydrogens (tertiary/aromatic N) is 3. The third kappa shape index (κ3) is 6.15. The van der Waals surface area contributed by atoms with Crippen LogP contribution in [0.3, 0.4) is 0 Å². The molecule has 0 aliphatic carbocycles. The Kier molecular flexibility index (Phi) is 7.53. The topological polar surface area (TPSA) is 61.8 Å². The Morgan fingerprint density at radius 2 is 1.89 bits per heavy atom. The number of guanidine groups is 1. The SMILES string of the molecule is CN=C(NCCOc1ccc(C)cc1)NCc1ccnc(N2CCCCC2)c1. The van der Waals surface area contributed by atoms with Gasteiger partial charge >= 0.3 is 0 Å². The van der Waals surface area contributed by atoms with E-state index in [1.807, 2.05) is 24.4 Å². The Bertz CT molecular complexity index is 754. The molecule has 6 heteroatoms. The molecule has 6 nitrogen and oxygen atoms in total. The Morgan fingerprint density at radius 1 is 1.11 bits per heavy atom. The summed E-state index contributed by atoms with van der Waals surface area (Å²) in [7, 11) is 1.78. The summed E-state index contributed by atoms with van der Waals surface area (Å²) >= 11 is 0. The van der Waals surface area contributed by atoms with Gasteiger partial charge in [-0.15, -0.1) is 0 Å². The van der Waals surface area contributed by atoms with Gasteiger partial charge in [0, 0.05) is 32.9 Å². The second-order valence-electron chi connectivity index (χ2n) is 7.08. The van der Waals surface area contributed by atoms with E-state index in [0.717, 1.165) is 30.6 Å². The van der Waals surface area contributed by atoms with Gasteiger partial charge in [-0.2, -0.15) is 0 Å². The summed E-state index contributed by atoms with van der Waals surface area (Å²) in [5, 5.41) is 6.65. The molecule has 1 saturated heterocycles. The zero-order valence-corrected chi connectivity index (χ0v) is 16.9. The maximum atomic E-state index is 5.74. The first-order valence-electron chi connectivity index (χ1n) is 10.1. The fourth-order valence-electron chi connectivity index (χ4n) is 3.25. The van der Waals surface area contributed by atoms with Crippen molar-refractivity contribution in [3.05, 3.63) is 53.7 Å². The van der Waals surface area contributed by atoms with Crippen molar-refractivity contribution >= 4 is 11.8 Å². The summed E-state index contributed by atoms with van der Waals surface area (Å²) in [5.41, 5.74) is 2.43. The van der Waals surface area contributed by atoms with Crippen molar-refractivity contribution in [2.24, 2.45) is 4.99 Å². The second-order valence-corrected chi connectivity index (χ2v) is 7.08. The molecule has 0 saturated carbocycles. The third-order valence-electron chi connectivity index (χ3n) is 4.86. The summed E-state index contributed by atoms with van der Waals surface area (Å²) in [5.74, 6) is 2.73. The molecule has 0 radical (unpaired) electrons.